The van der Waals surface area contributed by atoms with Crippen molar-refractivity contribution < 1.29 is 9.53 Å². The van der Waals surface area contributed by atoms with E-state index in [0.29, 0.717) is 24.5 Å². The molecule has 0 unspecified atom stereocenters. The second-order valence-electron chi connectivity index (χ2n) is 7.91. The van der Waals surface area contributed by atoms with Gasteiger partial charge in [0.05, 0.1) is 6.33 Å². The van der Waals surface area contributed by atoms with E-state index in [2.05, 4.69) is 9.97 Å². The number of H-pyrrole nitrogens is 1. The molecule has 3 rings (SSSR count). The first-order chi connectivity index (χ1) is 13.8. The second-order valence-corrected chi connectivity index (χ2v) is 8.32. The summed E-state index contributed by atoms with van der Waals surface area (Å²) in [6, 6.07) is 15.9. The van der Waals surface area contributed by atoms with Gasteiger partial charge in [0.1, 0.15) is 5.60 Å². The van der Waals surface area contributed by atoms with E-state index in [1.807, 2.05) is 69.3 Å². The first-order valence-corrected chi connectivity index (χ1v) is 9.98. The molecule has 29 heavy (non-hydrogen) atoms. The van der Waals surface area contributed by atoms with E-state index in [9.17, 15) is 4.79 Å². The van der Waals surface area contributed by atoms with Crippen molar-refractivity contribution in [3.63, 3.8) is 0 Å². The lowest BCUT2D eigenvalue weighted by molar-refractivity contribution is 0.0235. The van der Waals surface area contributed by atoms with Gasteiger partial charge in [-0.1, -0.05) is 54.1 Å². The molecular weight excluding hydrogens is 386 g/mol. The third kappa shape index (κ3) is 6.09. The predicted molar refractivity (Wildman–Crippen MR) is 116 cm³/mol. The minimum absolute atomic E-state index is 0.347. The summed E-state index contributed by atoms with van der Waals surface area (Å²) in [5.74, 6) is 0. The number of carbonyl (C=O) groups is 1. The Balaban J connectivity index is 1.77. The normalized spacial score (nSPS) is 11.3. The largest absolute Gasteiger partial charge is 0.444 e. The molecule has 0 fully saturated rings. The molecule has 3 aromatic rings. The van der Waals surface area contributed by atoms with E-state index < -0.39 is 5.60 Å². The molecular formula is C23H26ClN3O2. The molecule has 1 N–H and O–H groups in total. The van der Waals surface area contributed by atoms with Crippen molar-refractivity contribution in [3.05, 3.63) is 77.3 Å². The zero-order valence-corrected chi connectivity index (χ0v) is 17.7. The van der Waals surface area contributed by atoms with Crippen LogP contribution < -0.4 is 0 Å². The highest BCUT2D eigenvalue weighted by Gasteiger charge is 2.22. The Morgan fingerprint density at radius 1 is 1.17 bits per heavy atom. The number of ether oxygens (including phenoxy) is 1. The van der Waals surface area contributed by atoms with E-state index in [4.69, 9.17) is 16.3 Å². The molecule has 0 bridgehead atoms. The van der Waals surface area contributed by atoms with Crippen LogP contribution in [0.1, 0.15) is 32.0 Å². The fraction of sp³-hybridized carbons (Fsp3) is 0.304. The molecule has 6 heteroatoms. The summed E-state index contributed by atoms with van der Waals surface area (Å²) < 4.78 is 5.59. The molecule has 1 heterocycles. The lowest BCUT2D eigenvalue weighted by Gasteiger charge is -2.27. The maximum atomic E-state index is 12.7. The summed E-state index contributed by atoms with van der Waals surface area (Å²) in [5, 5.41) is 0.659. The average Bonchev–Trinajstić information content (AvgIpc) is 3.18. The maximum absolute atomic E-state index is 12.7. The van der Waals surface area contributed by atoms with Gasteiger partial charge in [-0.05, 0) is 38.0 Å². The van der Waals surface area contributed by atoms with Gasteiger partial charge in [-0.3, -0.25) is 0 Å². The highest BCUT2D eigenvalue weighted by atomic mass is 35.5. The SMILES string of the molecule is CC(C)(C)OC(=O)N(CCc1cnc[nH]1)Cc1ccc(-c2ccccc2)c(Cl)c1. The molecule has 5 nitrogen and oxygen atoms in total. The van der Waals surface area contributed by atoms with Crippen molar-refractivity contribution in [1.29, 1.82) is 0 Å². The Labute approximate surface area is 176 Å². The number of aromatic nitrogens is 2. The molecule has 0 atom stereocenters. The lowest BCUT2D eigenvalue weighted by Crippen LogP contribution is -2.37. The van der Waals surface area contributed by atoms with Crippen LogP contribution in [0.4, 0.5) is 4.79 Å². The molecule has 0 saturated heterocycles. The Morgan fingerprint density at radius 3 is 2.55 bits per heavy atom. The molecule has 0 spiro atoms. The summed E-state index contributed by atoms with van der Waals surface area (Å²) in [5.41, 5.74) is 3.39. The molecule has 0 saturated carbocycles. The molecule has 2 aromatic carbocycles. The molecule has 1 aromatic heterocycles. The van der Waals surface area contributed by atoms with Crippen LogP contribution in [0.2, 0.25) is 5.02 Å². The molecule has 1 amide bonds. The predicted octanol–water partition coefficient (Wildman–Crippen LogP) is 5.71. The van der Waals surface area contributed by atoms with Crippen molar-refractivity contribution in [2.45, 2.75) is 39.3 Å². The third-order valence-corrected chi connectivity index (χ3v) is 4.66. The number of halogens is 1. The van der Waals surface area contributed by atoms with Crippen LogP contribution in [0.15, 0.2) is 61.1 Å². The van der Waals surface area contributed by atoms with E-state index in [0.717, 1.165) is 22.4 Å². The average molecular weight is 412 g/mol. The van der Waals surface area contributed by atoms with Crippen LogP contribution in [0.5, 0.6) is 0 Å². The molecule has 0 aliphatic carbocycles. The summed E-state index contributed by atoms with van der Waals surface area (Å²) in [7, 11) is 0. The van der Waals surface area contributed by atoms with E-state index in [1.165, 1.54) is 0 Å². The smallest absolute Gasteiger partial charge is 0.410 e. The number of nitrogens with one attached hydrogen (secondary N) is 1. The minimum atomic E-state index is -0.557. The van der Waals surface area contributed by atoms with Gasteiger partial charge in [0, 0.05) is 42.0 Å². The summed E-state index contributed by atoms with van der Waals surface area (Å²) >= 11 is 6.54. The monoisotopic (exact) mass is 411 g/mol. The number of rotatable bonds is 6. The second kappa shape index (κ2) is 9.14. The van der Waals surface area contributed by atoms with Crippen LogP contribution in [-0.4, -0.2) is 33.1 Å². The highest BCUT2D eigenvalue weighted by molar-refractivity contribution is 6.33. The van der Waals surface area contributed by atoms with Gasteiger partial charge in [-0.15, -0.1) is 0 Å². The minimum Gasteiger partial charge on any atom is -0.444 e. The zero-order chi connectivity index (χ0) is 20.9. The van der Waals surface area contributed by atoms with E-state index in [1.54, 1.807) is 17.4 Å². The quantitative estimate of drug-likeness (QED) is 0.565. The number of amides is 1. The van der Waals surface area contributed by atoms with Crippen molar-refractivity contribution in [2.24, 2.45) is 0 Å². The Hall–Kier alpha value is -2.79. The van der Waals surface area contributed by atoms with Gasteiger partial charge in [0.15, 0.2) is 0 Å². The third-order valence-electron chi connectivity index (χ3n) is 4.35. The summed E-state index contributed by atoms with van der Waals surface area (Å²) in [6.45, 7) is 6.52. The highest BCUT2D eigenvalue weighted by Crippen LogP contribution is 2.29. The molecule has 0 aliphatic rings. The number of nitrogens with zero attached hydrogens (tertiary/aromatic N) is 2. The Bertz CT molecular complexity index is 935. The first-order valence-electron chi connectivity index (χ1n) is 9.61. The number of imidazole rings is 1. The Morgan fingerprint density at radius 2 is 1.93 bits per heavy atom. The number of aromatic amines is 1. The van der Waals surface area contributed by atoms with Crippen molar-refractivity contribution in [3.8, 4) is 11.1 Å². The van der Waals surface area contributed by atoms with Crippen LogP contribution in [0.3, 0.4) is 0 Å². The molecule has 0 radical (unpaired) electrons. The topological polar surface area (TPSA) is 58.2 Å². The van der Waals surface area contributed by atoms with E-state index >= 15 is 0 Å². The van der Waals surface area contributed by atoms with Crippen LogP contribution in [-0.2, 0) is 17.7 Å². The summed E-state index contributed by atoms with van der Waals surface area (Å²) in [4.78, 5) is 21.5. The fourth-order valence-electron chi connectivity index (χ4n) is 2.97. The van der Waals surface area contributed by atoms with Gasteiger partial charge in [-0.25, -0.2) is 9.78 Å². The molecule has 152 valence electrons. The van der Waals surface area contributed by atoms with Crippen molar-refractivity contribution in [2.75, 3.05) is 6.54 Å². The van der Waals surface area contributed by atoms with Gasteiger partial charge >= 0.3 is 6.09 Å². The van der Waals surface area contributed by atoms with Crippen molar-refractivity contribution >= 4 is 17.7 Å². The number of hydrogen-bond donors (Lipinski definition) is 1. The Kier molecular flexibility index (Phi) is 6.60. The lowest BCUT2D eigenvalue weighted by atomic mass is 10.0. The number of carbonyl (C=O) groups excluding carboxylic acids is 1. The van der Waals surface area contributed by atoms with Crippen LogP contribution in [0, 0.1) is 0 Å². The summed E-state index contributed by atoms with van der Waals surface area (Å²) in [6.07, 6.45) is 3.71. The van der Waals surface area contributed by atoms with Gasteiger partial charge in [0.25, 0.3) is 0 Å². The van der Waals surface area contributed by atoms with Gasteiger partial charge in [-0.2, -0.15) is 0 Å². The fourth-order valence-corrected chi connectivity index (χ4v) is 3.28. The van der Waals surface area contributed by atoms with Gasteiger partial charge in [0.2, 0.25) is 0 Å². The first kappa shape index (κ1) is 20.9. The van der Waals surface area contributed by atoms with Crippen LogP contribution >= 0.6 is 11.6 Å². The standard InChI is InChI=1S/C23H26ClN3O2/c1-23(2,3)29-22(28)27(12-11-19-14-25-16-26-19)15-17-9-10-20(21(24)13-17)18-7-5-4-6-8-18/h4-10,13-14,16H,11-12,15H2,1-3H3,(H,25,26). The number of hydrogen-bond acceptors (Lipinski definition) is 3. The number of benzene rings is 2. The maximum Gasteiger partial charge on any atom is 0.410 e. The van der Waals surface area contributed by atoms with E-state index in [-0.39, 0.29) is 6.09 Å². The van der Waals surface area contributed by atoms with Crippen LogP contribution in [0.25, 0.3) is 11.1 Å². The molecule has 0 aliphatic heterocycles. The van der Waals surface area contributed by atoms with Crippen molar-refractivity contribution in [1.82, 2.24) is 14.9 Å². The van der Waals surface area contributed by atoms with Gasteiger partial charge < -0.3 is 14.6 Å². The zero-order valence-electron chi connectivity index (χ0n) is 17.0.